The molecule has 2 N–H and O–H groups in total. The molecule has 2 atom stereocenters. The maximum atomic E-state index is 6.05. The molecule has 1 aromatic rings. The lowest BCUT2D eigenvalue weighted by Gasteiger charge is -2.28. The molecular weight excluding hydrogens is 190 g/mol. The molecular formula is C11H19N3O. The standard InChI is InChI=1S/C11H19N3O/c1-14-7-9(6-13-14)2-3-10-8-15-5-4-11(10)12/h6-7,10-11H,2-5,8,12H2,1H3. The SMILES string of the molecule is Cn1cc(CCC2COCCC2N)cn1. The van der Waals surface area contributed by atoms with Crippen LogP contribution in [-0.2, 0) is 18.2 Å². The molecule has 1 aliphatic rings. The molecule has 0 saturated carbocycles. The first-order chi connectivity index (χ1) is 7.25. The molecule has 4 nitrogen and oxygen atoms in total. The van der Waals surface area contributed by atoms with E-state index in [1.165, 1.54) is 5.56 Å². The van der Waals surface area contributed by atoms with Gasteiger partial charge in [0, 0.05) is 25.9 Å². The molecule has 0 amide bonds. The second-order valence-electron chi connectivity index (χ2n) is 4.35. The number of ether oxygens (including phenoxy) is 1. The van der Waals surface area contributed by atoms with Crippen molar-refractivity contribution in [3.8, 4) is 0 Å². The molecule has 0 bridgehead atoms. The van der Waals surface area contributed by atoms with Gasteiger partial charge in [-0.15, -0.1) is 0 Å². The number of aromatic nitrogens is 2. The summed E-state index contributed by atoms with van der Waals surface area (Å²) in [6, 6.07) is 0.315. The topological polar surface area (TPSA) is 53.1 Å². The van der Waals surface area contributed by atoms with Crippen LogP contribution in [0, 0.1) is 5.92 Å². The molecule has 15 heavy (non-hydrogen) atoms. The van der Waals surface area contributed by atoms with E-state index in [9.17, 15) is 0 Å². The molecule has 1 aliphatic heterocycles. The fourth-order valence-electron chi connectivity index (χ4n) is 2.06. The molecule has 0 spiro atoms. The van der Waals surface area contributed by atoms with Crippen molar-refractivity contribution in [1.29, 1.82) is 0 Å². The fraction of sp³-hybridized carbons (Fsp3) is 0.727. The van der Waals surface area contributed by atoms with Gasteiger partial charge in [-0.25, -0.2) is 0 Å². The molecule has 2 unspecified atom stereocenters. The van der Waals surface area contributed by atoms with Gasteiger partial charge >= 0.3 is 0 Å². The zero-order chi connectivity index (χ0) is 10.7. The average Bonchev–Trinajstić information content (AvgIpc) is 2.63. The van der Waals surface area contributed by atoms with Crippen LogP contribution in [0.3, 0.4) is 0 Å². The minimum atomic E-state index is 0.315. The lowest BCUT2D eigenvalue weighted by atomic mass is 9.91. The van der Waals surface area contributed by atoms with Gasteiger partial charge in [-0.05, 0) is 30.7 Å². The summed E-state index contributed by atoms with van der Waals surface area (Å²) >= 11 is 0. The molecule has 1 fully saturated rings. The normalized spacial score (nSPS) is 26.8. The van der Waals surface area contributed by atoms with E-state index >= 15 is 0 Å². The fourth-order valence-corrected chi connectivity index (χ4v) is 2.06. The largest absolute Gasteiger partial charge is 0.381 e. The molecule has 1 saturated heterocycles. The van der Waals surface area contributed by atoms with Gasteiger partial charge in [0.2, 0.25) is 0 Å². The van der Waals surface area contributed by atoms with Gasteiger partial charge in [0.15, 0.2) is 0 Å². The maximum Gasteiger partial charge on any atom is 0.0521 e. The van der Waals surface area contributed by atoms with Crippen LogP contribution in [0.15, 0.2) is 12.4 Å². The van der Waals surface area contributed by atoms with Crippen molar-refractivity contribution < 1.29 is 4.74 Å². The van der Waals surface area contributed by atoms with Gasteiger partial charge in [0.1, 0.15) is 0 Å². The third-order valence-electron chi connectivity index (χ3n) is 3.10. The minimum absolute atomic E-state index is 0.315. The van der Waals surface area contributed by atoms with Crippen LogP contribution in [0.2, 0.25) is 0 Å². The van der Waals surface area contributed by atoms with Gasteiger partial charge < -0.3 is 10.5 Å². The Morgan fingerprint density at radius 3 is 3.20 bits per heavy atom. The van der Waals surface area contributed by atoms with E-state index in [0.29, 0.717) is 12.0 Å². The smallest absolute Gasteiger partial charge is 0.0521 e. The lowest BCUT2D eigenvalue weighted by Crippen LogP contribution is -2.38. The highest BCUT2D eigenvalue weighted by atomic mass is 16.5. The van der Waals surface area contributed by atoms with E-state index in [2.05, 4.69) is 11.3 Å². The Hall–Kier alpha value is -0.870. The van der Waals surface area contributed by atoms with Crippen molar-refractivity contribution >= 4 is 0 Å². The number of aryl methyl sites for hydroxylation is 2. The molecule has 1 aromatic heterocycles. The Bertz CT molecular complexity index is 311. The summed E-state index contributed by atoms with van der Waals surface area (Å²) in [5, 5.41) is 4.15. The molecule has 84 valence electrons. The van der Waals surface area contributed by atoms with Crippen molar-refractivity contribution in [3.05, 3.63) is 18.0 Å². The van der Waals surface area contributed by atoms with Crippen LogP contribution in [0.4, 0.5) is 0 Å². The zero-order valence-electron chi connectivity index (χ0n) is 9.22. The first-order valence-corrected chi connectivity index (χ1v) is 5.56. The van der Waals surface area contributed by atoms with E-state index in [1.54, 1.807) is 0 Å². The number of rotatable bonds is 3. The predicted octanol–water partition coefficient (Wildman–Crippen LogP) is 0.716. The Balaban J connectivity index is 1.81. The molecule has 4 heteroatoms. The Kier molecular flexibility index (Phi) is 3.38. The van der Waals surface area contributed by atoms with Gasteiger partial charge in [0.05, 0.1) is 12.8 Å². The van der Waals surface area contributed by atoms with Crippen molar-refractivity contribution in [1.82, 2.24) is 9.78 Å². The van der Waals surface area contributed by atoms with Crippen LogP contribution in [0.1, 0.15) is 18.4 Å². The first-order valence-electron chi connectivity index (χ1n) is 5.56. The first kappa shape index (κ1) is 10.6. The van der Waals surface area contributed by atoms with Gasteiger partial charge in [-0.3, -0.25) is 4.68 Å². The van der Waals surface area contributed by atoms with E-state index in [0.717, 1.165) is 32.5 Å². The van der Waals surface area contributed by atoms with Crippen LogP contribution in [-0.4, -0.2) is 29.0 Å². The quantitative estimate of drug-likeness (QED) is 0.798. The van der Waals surface area contributed by atoms with Gasteiger partial charge in [-0.1, -0.05) is 0 Å². The predicted molar refractivity (Wildman–Crippen MR) is 58.4 cm³/mol. The monoisotopic (exact) mass is 209 g/mol. The summed E-state index contributed by atoms with van der Waals surface area (Å²) < 4.78 is 7.29. The van der Waals surface area contributed by atoms with Crippen molar-refractivity contribution in [2.24, 2.45) is 18.7 Å². The molecule has 2 rings (SSSR count). The number of hydrogen-bond donors (Lipinski definition) is 1. The maximum absolute atomic E-state index is 6.05. The zero-order valence-corrected chi connectivity index (χ0v) is 9.22. The van der Waals surface area contributed by atoms with E-state index in [-0.39, 0.29) is 0 Å². The molecule has 0 aliphatic carbocycles. The summed E-state index contributed by atoms with van der Waals surface area (Å²) in [6.07, 6.45) is 7.14. The van der Waals surface area contributed by atoms with Crippen LogP contribution >= 0.6 is 0 Å². The number of nitrogens with two attached hydrogens (primary N) is 1. The summed E-state index contributed by atoms with van der Waals surface area (Å²) in [6.45, 7) is 1.64. The van der Waals surface area contributed by atoms with Crippen LogP contribution < -0.4 is 5.73 Å². The van der Waals surface area contributed by atoms with E-state index in [4.69, 9.17) is 10.5 Å². The third kappa shape index (κ3) is 2.79. The Morgan fingerprint density at radius 2 is 2.53 bits per heavy atom. The van der Waals surface area contributed by atoms with Crippen LogP contribution in [0.5, 0.6) is 0 Å². The highest BCUT2D eigenvalue weighted by Crippen LogP contribution is 2.18. The summed E-state index contributed by atoms with van der Waals surface area (Å²) in [5.74, 6) is 0.513. The molecule has 0 radical (unpaired) electrons. The third-order valence-corrected chi connectivity index (χ3v) is 3.10. The molecule has 0 aromatic carbocycles. The number of hydrogen-bond acceptors (Lipinski definition) is 3. The lowest BCUT2D eigenvalue weighted by molar-refractivity contribution is 0.0390. The van der Waals surface area contributed by atoms with Crippen molar-refractivity contribution in [2.45, 2.75) is 25.3 Å². The van der Waals surface area contributed by atoms with Gasteiger partial charge in [-0.2, -0.15) is 5.10 Å². The Morgan fingerprint density at radius 1 is 1.67 bits per heavy atom. The summed E-state index contributed by atoms with van der Waals surface area (Å²) in [5.41, 5.74) is 7.33. The molecule has 2 heterocycles. The number of nitrogens with zero attached hydrogens (tertiary/aromatic N) is 2. The minimum Gasteiger partial charge on any atom is -0.381 e. The van der Waals surface area contributed by atoms with Crippen molar-refractivity contribution in [3.63, 3.8) is 0 Å². The van der Waals surface area contributed by atoms with Gasteiger partial charge in [0.25, 0.3) is 0 Å². The highest BCUT2D eigenvalue weighted by Gasteiger charge is 2.21. The van der Waals surface area contributed by atoms with E-state index < -0.39 is 0 Å². The summed E-state index contributed by atoms with van der Waals surface area (Å²) in [4.78, 5) is 0. The second kappa shape index (κ2) is 4.77. The highest BCUT2D eigenvalue weighted by molar-refractivity contribution is 5.04. The van der Waals surface area contributed by atoms with Crippen molar-refractivity contribution in [2.75, 3.05) is 13.2 Å². The second-order valence-corrected chi connectivity index (χ2v) is 4.35. The van der Waals surface area contributed by atoms with Crippen LogP contribution in [0.25, 0.3) is 0 Å². The van der Waals surface area contributed by atoms with E-state index in [1.807, 2.05) is 17.9 Å². The summed E-state index contributed by atoms with van der Waals surface area (Å²) in [7, 11) is 1.94. The Labute approximate surface area is 90.4 Å². The average molecular weight is 209 g/mol.